The highest BCUT2D eigenvalue weighted by atomic mass is 16.2. The molecule has 2 rings (SSSR count). The van der Waals surface area contributed by atoms with E-state index in [1.807, 2.05) is 29.2 Å². The lowest BCUT2D eigenvalue weighted by Gasteiger charge is -2.27. The Balaban J connectivity index is 2.11. The van der Waals surface area contributed by atoms with Gasteiger partial charge in [0.25, 0.3) is 5.91 Å². The molecule has 1 aliphatic rings. The standard InChI is InChI=1S/C15H22N2O/c1-3-12-5-7-13(8-6-12)15(18)17(4-2)14-9-10-16-11-14/h5-8,14,16H,3-4,9-11H2,1-2H3. The molecular weight excluding hydrogens is 224 g/mol. The molecule has 1 aliphatic heterocycles. The number of carbonyl (C=O) groups is 1. The van der Waals surface area contributed by atoms with Crippen LogP contribution in [0.4, 0.5) is 0 Å². The highest BCUT2D eigenvalue weighted by Gasteiger charge is 2.25. The Morgan fingerprint density at radius 3 is 2.56 bits per heavy atom. The summed E-state index contributed by atoms with van der Waals surface area (Å²) in [4.78, 5) is 14.4. The van der Waals surface area contributed by atoms with Crippen molar-refractivity contribution in [3.05, 3.63) is 35.4 Å². The van der Waals surface area contributed by atoms with Crippen LogP contribution in [0.2, 0.25) is 0 Å². The van der Waals surface area contributed by atoms with Crippen molar-refractivity contribution >= 4 is 5.91 Å². The van der Waals surface area contributed by atoms with E-state index in [9.17, 15) is 4.79 Å². The lowest BCUT2D eigenvalue weighted by atomic mass is 10.1. The van der Waals surface area contributed by atoms with Gasteiger partial charge in [0.2, 0.25) is 0 Å². The molecule has 1 amide bonds. The minimum absolute atomic E-state index is 0.161. The summed E-state index contributed by atoms with van der Waals surface area (Å²) in [5, 5.41) is 3.32. The van der Waals surface area contributed by atoms with Gasteiger partial charge >= 0.3 is 0 Å². The van der Waals surface area contributed by atoms with E-state index in [0.717, 1.165) is 38.0 Å². The molecule has 0 bridgehead atoms. The summed E-state index contributed by atoms with van der Waals surface area (Å²) in [6.07, 6.45) is 2.07. The average molecular weight is 246 g/mol. The van der Waals surface area contributed by atoms with Crippen molar-refractivity contribution in [3.8, 4) is 0 Å². The highest BCUT2D eigenvalue weighted by molar-refractivity contribution is 5.94. The van der Waals surface area contributed by atoms with Crippen LogP contribution in [0.5, 0.6) is 0 Å². The molecule has 18 heavy (non-hydrogen) atoms. The number of likely N-dealkylation sites (N-methyl/N-ethyl adjacent to an activating group) is 1. The Morgan fingerprint density at radius 1 is 1.33 bits per heavy atom. The summed E-state index contributed by atoms with van der Waals surface area (Å²) < 4.78 is 0. The molecule has 3 heteroatoms. The second kappa shape index (κ2) is 6.01. The van der Waals surface area contributed by atoms with Crippen LogP contribution in [0.25, 0.3) is 0 Å². The molecule has 1 unspecified atom stereocenters. The molecule has 98 valence electrons. The van der Waals surface area contributed by atoms with E-state index in [4.69, 9.17) is 0 Å². The van der Waals surface area contributed by atoms with Crippen LogP contribution < -0.4 is 5.32 Å². The van der Waals surface area contributed by atoms with E-state index in [1.165, 1.54) is 5.56 Å². The van der Waals surface area contributed by atoms with Gasteiger partial charge in [-0.15, -0.1) is 0 Å². The molecule has 1 heterocycles. The average Bonchev–Trinajstić information content (AvgIpc) is 2.93. The third-order valence-electron chi connectivity index (χ3n) is 3.69. The van der Waals surface area contributed by atoms with Gasteiger partial charge in [0.05, 0.1) is 0 Å². The molecule has 1 aromatic carbocycles. The van der Waals surface area contributed by atoms with Crippen LogP contribution in [0.1, 0.15) is 36.2 Å². The summed E-state index contributed by atoms with van der Waals surface area (Å²) >= 11 is 0. The van der Waals surface area contributed by atoms with Gasteiger partial charge in [0.1, 0.15) is 0 Å². The van der Waals surface area contributed by atoms with E-state index in [0.29, 0.717) is 6.04 Å². The fraction of sp³-hybridized carbons (Fsp3) is 0.533. The fourth-order valence-electron chi connectivity index (χ4n) is 2.52. The minimum atomic E-state index is 0.161. The van der Waals surface area contributed by atoms with Gasteiger partial charge in [-0.1, -0.05) is 19.1 Å². The van der Waals surface area contributed by atoms with Crippen molar-refractivity contribution in [2.45, 2.75) is 32.7 Å². The minimum Gasteiger partial charge on any atom is -0.335 e. The molecule has 3 nitrogen and oxygen atoms in total. The molecule has 0 radical (unpaired) electrons. The van der Waals surface area contributed by atoms with Crippen molar-refractivity contribution in [3.63, 3.8) is 0 Å². The lowest BCUT2D eigenvalue weighted by molar-refractivity contribution is 0.0704. The molecule has 1 atom stereocenters. The molecule has 0 spiro atoms. The number of benzene rings is 1. The molecule has 1 aromatic rings. The molecular formula is C15H22N2O. The normalized spacial score (nSPS) is 18.9. The van der Waals surface area contributed by atoms with Crippen molar-refractivity contribution in [2.75, 3.05) is 19.6 Å². The number of amides is 1. The fourth-order valence-corrected chi connectivity index (χ4v) is 2.52. The predicted octanol–water partition coefficient (Wildman–Crippen LogP) is 2.07. The molecule has 0 aromatic heterocycles. The zero-order chi connectivity index (χ0) is 13.0. The van der Waals surface area contributed by atoms with Crippen LogP contribution in [0.3, 0.4) is 0 Å². The van der Waals surface area contributed by atoms with Gasteiger partial charge < -0.3 is 10.2 Å². The topological polar surface area (TPSA) is 32.3 Å². The van der Waals surface area contributed by atoms with E-state index in [-0.39, 0.29) is 5.91 Å². The number of hydrogen-bond acceptors (Lipinski definition) is 2. The summed E-state index contributed by atoms with van der Waals surface area (Å²) in [5.41, 5.74) is 2.08. The SMILES string of the molecule is CCc1ccc(C(=O)N(CC)C2CCNC2)cc1. The Hall–Kier alpha value is -1.35. The number of aryl methyl sites for hydroxylation is 1. The largest absolute Gasteiger partial charge is 0.335 e. The maximum absolute atomic E-state index is 12.5. The molecule has 1 N–H and O–H groups in total. The first-order valence-corrected chi connectivity index (χ1v) is 6.86. The van der Waals surface area contributed by atoms with Crippen LogP contribution in [-0.2, 0) is 6.42 Å². The summed E-state index contributed by atoms with van der Waals surface area (Å²) in [5.74, 6) is 0.161. The van der Waals surface area contributed by atoms with E-state index in [2.05, 4.69) is 19.2 Å². The smallest absolute Gasteiger partial charge is 0.254 e. The molecule has 0 aliphatic carbocycles. The lowest BCUT2D eigenvalue weighted by Crippen LogP contribution is -2.41. The third-order valence-corrected chi connectivity index (χ3v) is 3.69. The first-order chi connectivity index (χ1) is 8.76. The van der Waals surface area contributed by atoms with E-state index in [1.54, 1.807) is 0 Å². The van der Waals surface area contributed by atoms with Crippen LogP contribution >= 0.6 is 0 Å². The quantitative estimate of drug-likeness (QED) is 0.882. The monoisotopic (exact) mass is 246 g/mol. The third kappa shape index (κ3) is 2.72. The first kappa shape index (κ1) is 13.1. The molecule has 1 fully saturated rings. The van der Waals surface area contributed by atoms with Crippen LogP contribution in [0, 0.1) is 0 Å². The van der Waals surface area contributed by atoms with Gasteiger partial charge in [-0.2, -0.15) is 0 Å². The number of nitrogens with zero attached hydrogens (tertiary/aromatic N) is 1. The second-order valence-corrected chi connectivity index (χ2v) is 4.79. The second-order valence-electron chi connectivity index (χ2n) is 4.79. The van der Waals surface area contributed by atoms with Crippen molar-refractivity contribution in [2.24, 2.45) is 0 Å². The van der Waals surface area contributed by atoms with Crippen molar-refractivity contribution in [1.82, 2.24) is 10.2 Å². The maximum atomic E-state index is 12.5. The Morgan fingerprint density at radius 2 is 2.06 bits per heavy atom. The van der Waals surface area contributed by atoms with Gasteiger partial charge in [-0.05, 0) is 44.0 Å². The van der Waals surface area contributed by atoms with Crippen LogP contribution in [0.15, 0.2) is 24.3 Å². The zero-order valence-electron chi connectivity index (χ0n) is 11.3. The Labute approximate surface area is 109 Å². The number of rotatable bonds is 4. The highest BCUT2D eigenvalue weighted by Crippen LogP contribution is 2.14. The van der Waals surface area contributed by atoms with Gasteiger partial charge in [0, 0.05) is 24.7 Å². The van der Waals surface area contributed by atoms with Gasteiger partial charge in [0.15, 0.2) is 0 Å². The van der Waals surface area contributed by atoms with E-state index >= 15 is 0 Å². The number of carbonyl (C=O) groups excluding carboxylic acids is 1. The van der Waals surface area contributed by atoms with Crippen molar-refractivity contribution in [1.29, 1.82) is 0 Å². The number of nitrogens with one attached hydrogen (secondary N) is 1. The summed E-state index contributed by atoms with van der Waals surface area (Å²) in [6.45, 7) is 6.90. The van der Waals surface area contributed by atoms with Crippen molar-refractivity contribution < 1.29 is 4.79 Å². The zero-order valence-corrected chi connectivity index (χ0v) is 11.3. The molecule has 1 saturated heterocycles. The Kier molecular flexibility index (Phi) is 4.37. The maximum Gasteiger partial charge on any atom is 0.254 e. The summed E-state index contributed by atoms with van der Waals surface area (Å²) in [6, 6.07) is 8.36. The Bertz CT molecular complexity index is 393. The molecule has 0 saturated carbocycles. The first-order valence-electron chi connectivity index (χ1n) is 6.86. The van der Waals surface area contributed by atoms with Gasteiger partial charge in [-0.25, -0.2) is 0 Å². The summed E-state index contributed by atoms with van der Waals surface area (Å²) in [7, 11) is 0. The number of hydrogen-bond donors (Lipinski definition) is 1. The van der Waals surface area contributed by atoms with Crippen LogP contribution in [-0.4, -0.2) is 36.5 Å². The van der Waals surface area contributed by atoms with Gasteiger partial charge in [-0.3, -0.25) is 4.79 Å². The van der Waals surface area contributed by atoms with E-state index < -0.39 is 0 Å². The predicted molar refractivity (Wildman–Crippen MR) is 73.8 cm³/mol.